The van der Waals surface area contributed by atoms with E-state index in [-0.39, 0.29) is 18.3 Å². The fourth-order valence-corrected chi connectivity index (χ4v) is 3.94. The number of anilines is 1. The van der Waals surface area contributed by atoms with E-state index in [4.69, 9.17) is 9.47 Å². The number of hydrogen-bond acceptors (Lipinski definition) is 5. The van der Waals surface area contributed by atoms with Crippen molar-refractivity contribution in [2.24, 2.45) is 0 Å². The van der Waals surface area contributed by atoms with Gasteiger partial charge < -0.3 is 14.8 Å². The van der Waals surface area contributed by atoms with E-state index in [1.807, 2.05) is 0 Å². The molecule has 0 spiro atoms. The van der Waals surface area contributed by atoms with Gasteiger partial charge in [0.05, 0.1) is 4.90 Å². The number of nitrogens with one attached hydrogen (secondary N) is 1. The summed E-state index contributed by atoms with van der Waals surface area (Å²) in [5, 5.41) is 4.10. The molecule has 128 valence electrons. The maximum absolute atomic E-state index is 12.5. The zero-order valence-corrected chi connectivity index (χ0v) is 13.9. The van der Waals surface area contributed by atoms with Crippen LogP contribution in [0.1, 0.15) is 11.1 Å². The van der Waals surface area contributed by atoms with E-state index in [2.05, 4.69) is 11.9 Å². The molecular formula is C18H15NO5S. The highest BCUT2D eigenvalue weighted by Gasteiger charge is 2.22. The Bertz CT molecular complexity index is 935. The van der Waals surface area contributed by atoms with Crippen molar-refractivity contribution < 1.29 is 23.4 Å². The van der Waals surface area contributed by atoms with Gasteiger partial charge in [-0.25, -0.2) is 0 Å². The molecule has 2 aromatic rings. The number of ether oxygens (including phenoxy) is 2. The average Bonchev–Trinajstić information content (AvgIpc) is 3.18. The Hall–Kier alpha value is -2.74. The molecule has 6 nitrogen and oxygen atoms in total. The van der Waals surface area contributed by atoms with Gasteiger partial charge in [-0.05, 0) is 41.5 Å². The van der Waals surface area contributed by atoms with Crippen molar-refractivity contribution in [2.75, 3.05) is 12.1 Å². The van der Waals surface area contributed by atoms with Gasteiger partial charge in [0.1, 0.15) is 0 Å². The summed E-state index contributed by atoms with van der Waals surface area (Å²) < 4.78 is 30.5. The van der Waals surface area contributed by atoms with Crippen LogP contribution in [-0.2, 0) is 4.79 Å². The first-order chi connectivity index (χ1) is 11.9. The zero-order chi connectivity index (χ0) is 17.6. The molecule has 25 heavy (non-hydrogen) atoms. The second-order valence-corrected chi connectivity index (χ2v) is 7.55. The summed E-state index contributed by atoms with van der Waals surface area (Å²) >= 11 is 0. The predicted molar refractivity (Wildman–Crippen MR) is 96.8 cm³/mol. The number of hydrogen-bond donors (Lipinski definition) is 3. The molecular weight excluding hydrogens is 342 g/mol. The normalized spacial score (nSPS) is 17.0. The third-order valence-corrected chi connectivity index (χ3v) is 5.54. The lowest BCUT2D eigenvalue weighted by Crippen LogP contribution is -2.13. The fourth-order valence-electron chi connectivity index (χ4n) is 2.67. The van der Waals surface area contributed by atoms with Crippen molar-refractivity contribution in [3.8, 4) is 11.5 Å². The Balaban J connectivity index is 1.54. The molecule has 0 bridgehead atoms. The molecule has 4 rings (SSSR count). The highest BCUT2D eigenvalue weighted by atomic mass is 32.3. The molecule has 0 unspecified atom stereocenters. The second-order valence-electron chi connectivity index (χ2n) is 5.65. The molecule has 0 aromatic heterocycles. The standard InChI is InChI=1S/C18H15NO5S/c1-11(13-3-5-15-16(8-13)24-10-23-15)18(20)19-14-4-2-12-6-7-25(21,22)17(12)9-14/h2-9,21-22H,1,10H2,(H,19,20). The third kappa shape index (κ3) is 2.78. The average molecular weight is 357 g/mol. The lowest BCUT2D eigenvalue weighted by atomic mass is 10.1. The Morgan fingerprint density at radius 2 is 1.92 bits per heavy atom. The van der Waals surface area contributed by atoms with E-state index in [0.29, 0.717) is 27.6 Å². The van der Waals surface area contributed by atoms with E-state index >= 15 is 0 Å². The van der Waals surface area contributed by atoms with Gasteiger partial charge in [0.15, 0.2) is 11.5 Å². The minimum atomic E-state index is -2.93. The second kappa shape index (κ2) is 5.66. The van der Waals surface area contributed by atoms with Gasteiger partial charge >= 0.3 is 0 Å². The maximum Gasteiger partial charge on any atom is 0.255 e. The molecule has 0 aliphatic carbocycles. The van der Waals surface area contributed by atoms with E-state index in [1.54, 1.807) is 42.5 Å². The van der Waals surface area contributed by atoms with Crippen molar-refractivity contribution in [1.82, 2.24) is 0 Å². The van der Waals surface area contributed by atoms with Gasteiger partial charge in [0.25, 0.3) is 5.91 Å². The van der Waals surface area contributed by atoms with Crippen molar-refractivity contribution in [3.05, 3.63) is 59.5 Å². The smallest absolute Gasteiger partial charge is 0.255 e. The van der Waals surface area contributed by atoms with Gasteiger partial charge in [0.2, 0.25) is 6.79 Å². The lowest BCUT2D eigenvalue weighted by molar-refractivity contribution is -0.111. The molecule has 3 N–H and O–H groups in total. The van der Waals surface area contributed by atoms with Crippen LogP contribution in [0.5, 0.6) is 11.5 Å². The van der Waals surface area contributed by atoms with Gasteiger partial charge in [0, 0.05) is 16.7 Å². The molecule has 2 aliphatic rings. The number of rotatable bonds is 3. The quantitative estimate of drug-likeness (QED) is 0.718. The zero-order valence-electron chi connectivity index (χ0n) is 13.1. The van der Waals surface area contributed by atoms with Gasteiger partial charge in [-0.3, -0.25) is 13.9 Å². The summed E-state index contributed by atoms with van der Waals surface area (Å²) in [6, 6.07) is 10.2. The van der Waals surface area contributed by atoms with Crippen LogP contribution in [0.2, 0.25) is 0 Å². The number of benzene rings is 2. The summed E-state index contributed by atoms with van der Waals surface area (Å²) in [5.74, 6) is 0.818. The Morgan fingerprint density at radius 3 is 2.76 bits per heavy atom. The van der Waals surface area contributed by atoms with Crippen LogP contribution in [-0.4, -0.2) is 21.8 Å². The molecule has 2 aromatic carbocycles. The first-order valence-electron chi connectivity index (χ1n) is 7.45. The van der Waals surface area contributed by atoms with Crippen LogP contribution in [0, 0.1) is 0 Å². The monoisotopic (exact) mass is 357 g/mol. The van der Waals surface area contributed by atoms with E-state index in [1.165, 1.54) is 5.41 Å². The molecule has 1 amide bonds. The maximum atomic E-state index is 12.5. The minimum Gasteiger partial charge on any atom is -0.454 e. The van der Waals surface area contributed by atoms with Gasteiger partial charge in [-0.1, -0.05) is 18.7 Å². The van der Waals surface area contributed by atoms with Crippen molar-refractivity contribution in [1.29, 1.82) is 0 Å². The van der Waals surface area contributed by atoms with Crippen LogP contribution in [0.4, 0.5) is 5.69 Å². The topological polar surface area (TPSA) is 88.0 Å². The number of amides is 1. The van der Waals surface area contributed by atoms with Crippen molar-refractivity contribution >= 4 is 33.8 Å². The molecule has 0 fully saturated rings. The van der Waals surface area contributed by atoms with Gasteiger partial charge in [-0.15, -0.1) is 10.6 Å². The lowest BCUT2D eigenvalue weighted by Gasteiger charge is -2.25. The van der Waals surface area contributed by atoms with E-state index in [0.717, 1.165) is 5.56 Å². The fraction of sp³-hybridized carbons (Fsp3) is 0.0556. The van der Waals surface area contributed by atoms with Crippen LogP contribution in [0.3, 0.4) is 0 Å². The van der Waals surface area contributed by atoms with Crippen molar-refractivity contribution in [3.63, 3.8) is 0 Å². The predicted octanol–water partition coefficient (Wildman–Crippen LogP) is 4.16. The number of carbonyl (C=O) groups excluding carboxylic acids is 1. The summed E-state index contributed by atoms with van der Waals surface area (Å²) in [4.78, 5) is 12.9. The van der Waals surface area contributed by atoms with Crippen molar-refractivity contribution in [2.45, 2.75) is 4.90 Å². The number of carbonyl (C=O) groups is 1. The van der Waals surface area contributed by atoms with Crippen LogP contribution in [0.25, 0.3) is 11.6 Å². The highest BCUT2D eigenvalue weighted by Crippen LogP contribution is 2.56. The van der Waals surface area contributed by atoms with E-state index in [9.17, 15) is 13.9 Å². The summed E-state index contributed by atoms with van der Waals surface area (Å²) in [5.41, 5.74) is 2.08. The van der Waals surface area contributed by atoms with Crippen LogP contribution < -0.4 is 14.8 Å². The Kier molecular flexibility index (Phi) is 3.57. The third-order valence-electron chi connectivity index (χ3n) is 4.03. The minimum absolute atomic E-state index is 0.160. The molecule has 0 saturated carbocycles. The Morgan fingerprint density at radius 1 is 1.12 bits per heavy atom. The first kappa shape index (κ1) is 15.8. The summed E-state index contributed by atoms with van der Waals surface area (Å²) in [6.07, 6.45) is 1.65. The van der Waals surface area contributed by atoms with Crippen LogP contribution >= 0.6 is 10.6 Å². The number of fused-ring (bicyclic) bond motifs is 2. The molecule has 2 heterocycles. The molecule has 2 aliphatic heterocycles. The largest absolute Gasteiger partial charge is 0.454 e. The molecule has 0 atom stereocenters. The summed E-state index contributed by atoms with van der Waals surface area (Å²) in [6.45, 7) is 3.99. The SMILES string of the molecule is C=C(C(=O)Nc1ccc2c(c1)S(O)(O)C=C2)c1ccc2c(c1)OCO2. The molecule has 0 radical (unpaired) electrons. The Labute approximate surface area is 145 Å². The molecule has 7 heteroatoms. The van der Waals surface area contributed by atoms with Gasteiger partial charge in [-0.2, -0.15) is 0 Å². The first-order valence-corrected chi connectivity index (χ1v) is 9.06. The molecule has 0 saturated heterocycles. The summed E-state index contributed by atoms with van der Waals surface area (Å²) in [7, 11) is -2.93. The van der Waals surface area contributed by atoms with E-state index < -0.39 is 10.6 Å². The van der Waals surface area contributed by atoms with Crippen LogP contribution in [0.15, 0.2) is 53.3 Å². The highest BCUT2D eigenvalue weighted by molar-refractivity contribution is 8.27.